The first-order chi connectivity index (χ1) is 7.36. The molecule has 5 nitrogen and oxygen atoms in total. The molecule has 0 spiro atoms. The SMILES string of the molecule is Cc1ccnn2c(-c3nccs3)nnc12. The quantitative estimate of drug-likeness (QED) is 0.620. The molecule has 3 aromatic heterocycles. The number of aromatic nitrogens is 5. The lowest BCUT2D eigenvalue weighted by atomic mass is 10.3. The van der Waals surface area contributed by atoms with Gasteiger partial charge in [-0.05, 0) is 18.6 Å². The van der Waals surface area contributed by atoms with Gasteiger partial charge in [-0.3, -0.25) is 0 Å². The summed E-state index contributed by atoms with van der Waals surface area (Å²) < 4.78 is 1.72. The largest absolute Gasteiger partial charge is 0.241 e. The Kier molecular flexibility index (Phi) is 1.75. The molecule has 0 amide bonds. The van der Waals surface area contributed by atoms with Gasteiger partial charge in [0.15, 0.2) is 10.7 Å². The average Bonchev–Trinajstić information content (AvgIpc) is 2.85. The summed E-state index contributed by atoms with van der Waals surface area (Å²) in [5, 5.41) is 15.1. The minimum atomic E-state index is 0.698. The van der Waals surface area contributed by atoms with Crippen LogP contribution in [0.2, 0.25) is 0 Å². The van der Waals surface area contributed by atoms with Gasteiger partial charge in [0, 0.05) is 17.8 Å². The van der Waals surface area contributed by atoms with E-state index >= 15 is 0 Å². The second-order valence-corrected chi connectivity index (χ2v) is 4.01. The third-order valence-corrected chi connectivity index (χ3v) is 2.89. The monoisotopic (exact) mass is 217 g/mol. The molecule has 15 heavy (non-hydrogen) atoms. The maximum Gasteiger partial charge on any atom is 0.214 e. The van der Waals surface area contributed by atoms with E-state index in [9.17, 15) is 0 Å². The zero-order valence-electron chi connectivity index (χ0n) is 7.95. The van der Waals surface area contributed by atoms with Crippen LogP contribution in [0, 0.1) is 6.92 Å². The van der Waals surface area contributed by atoms with Gasteiger partial charge in [0.25, 0.3) is 0 Å². The van der Waals surface area contributed by atoms with Crippen molar-refractivity contribution in [1.29, 1.82) is 0 Å². The van der Waals surface area contributed by atoms with E-state index < -0.39 is 0 Å². The molecule has 0 unspecified atom stereocenters. The molecule has 0 aromatic carbocycles. The zero-order chi connectivity index (χ0) is 10.3. The number of hydrogen-bond donors (Lipinski definition) is 0. The molecule has 0 radical (unpaired) electrons. The first kappa shape index (κ1) is 8.49. The van der Waals surface area contributed by atoms with Gasteiger partial charge in [-0.2, -0.15) is 9.61 Å². The van der Waals surface area contributed by atoms with Crippen LogP contribution >= 0.6 is 11.3 Å². The highest BCUT2D eigenvalue weighted by atomic mass is 32.1. The molecule has 0 fully saturated rings. The lowest BCUT2D eigenvalue weighted by Crippen LogP contribution is -1.95. The fourth-order valence-corrected chi connectivity index (χ4v) is 1.99. The van der Waals surface area contributed by atoms with Crippen LogP contribution in [0.4, 0.5) is 0 Å². The topological polar surface area (TPSA) is 56.0 Å². The van der Waals surface area contributed by atoms with E-state index in [1.807, 2.05) is 18.4 Å². The normalized spacial score (nSPS) is 11.0. The number of hydrogen-bond acceptors (Lipinski definition) is 5. The van der Waals surface area contributed by atoms with E-state index in [1.54, 1.807) is 16.9 Å². The van der Waals surface area contributed by atoms with Crippen LogP contribution in [0.3, 0.4) is 0 Å². The van der Waals surface area contributed by atoms with Gasteiger partial charge in [-0.1, -0.05) is 0 Å². The van der Waals surface area contributed by atoms with Gasteiger partial charge in [0.2, 0.25) is 5.82 Å². The summed E-state index contributed by atoms with van der Waals surface area (Å²) in [6.07, 6.45) is 3.49. The molecule has 0 saturated heterocycles. The van der Waals surface area contributed by atoms with Crippen LogP contribution in [-0.4, -0.2) is 24.8 Å². The average molecular weight is 217 g/mol. The number of thiazole rings is 1. The van der Waals surface area contributed by atoms with Gasteiger partial charge >= 0.3 is 0 Å². The molecular weight excluding hydrogens is 210 g/mol. The van der Waals surface area contributed by atoms with E-state index in [0.717, 1.165) is 16.2 Å². The Labute approximate surface area is 89.4 Å². The molecule has 0 N–H and O–H groups in total. The lowest BCUT2D eigenvalue weighted by Gasteiger charge is -1.95. The van der Waals surface area contributed by atoms with E-state index in [2.05, 4.69) is 20.3 Å². The Balaban J connectivity index is 2.34. The molecular formula is C9H7N5S. The van der Waals surface area contributed by atoms with Crippen LogP contribution in [0.15, 0.2) is 23.8 Å². The van der Waals surface area contributed by atoms with Gasteiger partial charge < -0.3 is 0 Å². The fraction of sp³-hybridized carbons (Fsp3) is 0.111. The minimum absolute atomic E-state index is 0.698. The third kappa shape index (κ3) is 1.22. The molecule has 0 aliphatic heterocycles. The Morgan fingerprint density at radius 2 is 2.20 bits per heavy atom. The predicted octanol–water partition coefficient (Wildman–Crippen LogP) is 1.56. The van der Waals surface area contributed by atoms with Gasteiger partial charge in [-0.25, -0.2) is 4.98 Å². The smallest absolute Gasteiger partial charge is 0.214 e. The van der Waals surface area contributed by atoms with Crippen LogP contribution in [-0.2, 0) is 0 Å². The first-order valence-corrected chi connectivity index (χ1v) is 5.31. The van der Waals surface area contributed by atoms with Crippen LogP contribution in [0.25, 0.3) is 16.5 Å². The highest BCUT2D eigenvalue weighted by Gasteiger charge is 2.11. The summed E-state index contributed by atoms with van der Waals surface area (Å²) >= 11 is 1.53. The molecule has 0 bridgehead atoms. The molecule has 0 atom stereocenters. The van der Waals surface area contributed by atoms with Crippen molar-refractivity contribution in [1.82, 2.24) is 24.8 Å². The Morgan fingerprint density at radius 3 is 3.00 bits per heavy atom. The van der Waals surface area contributed by atoms with Crippen molar-refractivity contribution in [3.63, 3.8) is 0 Å². The summed E-state index contributed by atoms with van der Waals surface area (Å²) in [6.45, 7) is 1.98. The number of aryl methyl sites for hydroxylation is 1. The number of rotatable bonds is 1. The molecule has 0 saturated carbocycles. The van der Waals surface area contributed by atoms with E-state index in [-0.39, 0.29) is 0 Å². The summed E-state index contributed by atoms with van der Waals surface area (Å²) in [7, 11) is 0. The van der Waals surface area contributed by atoms with E-state index in [4.69, 9.17) is 0 Å². The number of nitrogens with zero attached hydrogens (tertiary/aromatic N) is 5. The van der Waals surface area contributed by atoms with Gasteiger partial charge in [0.1, 0.15) is 0 Å². The second-order valence-electron chi connectivity index (χ2n) is 3.11. The third-order valence-electron chi connectivity index (χ3n) is 2.12. The first-order valence-electron chi connectivity index (χ1n) is 4.43. The Bertz CT molecular complexity index is 598. The summed E-state index contributed by atoms with van der Waals surface area (Å²) in [4.78, 5) is 4.19. The van der Waals surface area contributed by atoms with E-state index in [1.165, 1.54) is 11.3 Å². The molecule has 6 heteroatoms. The van der Waals surface area contributed by atoms with Crippen LogP contribution in [0.5, 0.6) is 0 Å². The van der Waals surface area contributed by atoms with Crippen molar-refractivity contribution < 1.29 is 0 Å². The van der Waals surface area contributed by atoms with Crippen molar-refractivity contribution >= 4 is 17.0 Å². The molecule has 0 aliphatic carbocycles. The maximum atomic E-state index is 4.22. The lowest BCUT2D eigenvalue weighted by molar-refractivity contribution is 0.927. The highest BCUT2D eigenvalue weighted by molar-refractivity contribution is 7.13. The van der Waals surface area contributed by atoms with Gasteiger partial charge in [-0.15, -0.1) is 21.5 Å². The van der Waals surface area contributed by atoms with Crippen molar-refractivity contribution in [2.24, 2.45) is 0 Å². The molecule has 3 aromatic rings. The molecule has 74 valence electrons. The van der Waals surface area contributed by atoms with Crippen LogP contribution in [0.1, 0.15) is 5.56 Å². The maximum absolute atomic E-state index is 4.22. The Hall–Kier alpha value is -1.82. The van der Waals surface area contributed by atoms with Crippen molar-refractivity contribution in [3.8, 4) is 10.8 Å². The summed E-state index contributed by atoms with van der Waals surface area (Å²) in [5.41, 5.74) is 1.84. The zero-order valence-corrected chi connectivity index (χ0v) is 8.77. The minimum Gasteiger partial charge on any atom is -0.241 e. The van der Waals surface area contributed by atoms with Crippen molar-refractivity contribution in [3.05, 3.63) is 29.4 Å². The molecule has 3 heterocycles. The van der Waals surface area contributed by atoms with Crippen molar-refractivity contribution in [2.45, 2.75) is 6.92 Å². The Morgan fingerprint density at radius 1 is 1.27 bits per heavy atom. The highest BCUT2D eigenvalue weighted by Crippen LogP contribution is 2.20. The van der Waals surface area contributed by atoms with Gasteiger partial charge in [0.05, 0.1) is 0 Å². The summed E-state index contributed by atoms with van der Waals surface area (Å²) in [5.74, 6) is 0.698. The standard InChI is InChI=1S/C9H7N5S/c1-6-2-3-11-14-7(6)12-13-8(14)9-10-4-5-15-9/h2-5H,1H3. The predicted molar refractivity (Wildman–Crippen MR) is 56.6 cm³/mol. The molecule has 3 rings (SSSR count). The van der Waals surface area contributed by atoms with Crippen molar-refractivity contribution in [2.75, 3.05) is 0 Å². The molecule has 0 aliphatic rings. The van der Waals surface area contributed by atoms with E-state index in [0.29, 0.717) is 5.82 Å². The summed E-state index contributed by atoms with van der Waals surface area (Å²) in [6, 6.07) is 1.91. The van der Waals surface area contributed by atoms with Crippen LogP contribution < -0.4 is 0 Å². The second kappa shape index (κ2) is 3.09. The fourth-order valence-electron chi connectivity index (χ4n) is 1.39. The number of fused-ring (bicyclic) bond motifs is 1.